The van der Waals surface area contributed by atoms with Gasteiger partial charge in [-0.1, -0.05) is 50.8 Å². The predicted octanol–water partition coefficient (Wildman–Crippen LogP) is 5.55. The van der Waals surface area contributed by atoms with Crippen LogP contribution in [0.1, 0.15) is 51.6 Å². The van der Waals surface area contributed by atoms with Gasteiger partial charge < -0.3 is 9.31 Å². The first-order chi connectivity index (χ1) is 16.3. The highest BCUT2D eigenvalue weighted by atomic mass is 19.4. The van der Waals surface area contributed by atoms with E-state index in [0.29, 0.717) is 17.0 Å². The van der Waals surface area contributed by atoms with Gasteiger partial charge in [0.1, 0.15) is 5.60 Å². The third-order valence-electron chi connectivity index (χ3n) is 6.80. The molecule has 4 rings (SSSR count). The number of benzene rings is 1. The molecule has 3 aromatic rings. The summed E-state index contributed by atoms with van der Waals surface area (Å²) in [7, 11) is -0.548. The molecule has 35 heavy (non-hydrogen) atoms. The van der Waals surface area contributed by atoms with E-state index in [1.807, 2.05) is 50.2 Å². The minimum atomic E-state index is -4.52. The Kier molecular flexibility index (Phi) is 6.26. The third kappa shape index (κ3) is 4.69. The number of rotatable bonds is 5. The van der Waals surface area contributed by atoms with Crippen molar-refractivity contribution in [2.24, 2.45) is 5.92 Å². The lowest BCUT2D eigenvalue weighted by Crippen LogP contribution is -2.36. The molecule has 0 saturated carbocycles. The molecule has 0 bridgehead atoms. The zero-order chi connectivity index (χ0) is 25.6. The summed E-state index contributed by atoms with van der Waals surface area (Å²) < 4.78 is 50.1. The van der Waals surface area contributed by atoms with Crippen LogP contribution in [0.25, 0.3) is 11.3 Å². The molecule has 0 N–H and O–H groups in total. The fourth-order valence-electron chi connectivity index (χ4n) is 4.02. The highest BCUT2D eigenvalue weighted by molar-refractivity contribution is 6.62. The van der Waals surface area contributed by atoms with E-state index >= 15 is 0 Å². The highest BCUT2D eigenvalue weighted by Gasteiger charge is 2.43. The Morgan fingerprint density at radius 2 is 1.60 bits per heavy atom. The maximum atomic E-state index is 12.8. The Balaban J connectivity index is 1.60. The topological polar surface area (TPSA) is 57.1 Å². The third-order valence-corrected chi connectivity index (χ3v) is 6.80. The molecule has 1 unspecified atom stereocenters. The number of hydrogen-bond acceptors (Lipinski definition) is 5. The molecular weight excluding hydrogens is 454 g/mol. The van der Waals surface area contributed by atoms with Crippen molar-refractivity contribution in [2.45, 2.75) is 51.8 Å². The molecule has 1 aliphatic rings. The number of pyridine rings is 1. The summed E-state index contributed by atoms with van der Waals surface area (Å²) in [5.41, 5.74) is 1.79. The molecule has 182 valence electrons. The van der Waals surface area contributed by atoms with E-state index in [1.54, 1.807) is 6.20 Å². The Hall–Kier alpha value is -3.20. The van der Waals surface area contributed by atoms with Gasteiger partial charge in [0, 0.05) is 22.6 Å². The smallest absolute Gasteiger partial charge is 0.534 e. The fourth-order valence-corrected chi connectivity index (χ4v) is 4.02. The van der Waals surface area contributed by atoms with Crippen LogP contribution in [-0.2, 0) is 20.9 Å². The maximum Gasteiger partial charge on any atom is 0.564 e. The first-order valence-corrected chi connectivity index (χ1v) is 11.3. The van der Waals surface area contributed by atoms with Gasteiger partial charge in [0.2, 0.25) is 0 Å². The van der Waals surface area contributed by atoms with E-state index in [4.69, 9.17) is 14.3 Å². The minimum Gasteiger partial charge on any atom is -0.534 e. The number of nitrogens with zero attached hydrogens (tertiary/aromatic N) is 3. The van der Waals surface area contributed by atoms with Gasteiger partial charge in [-0.2, -0.15) is 13.2 Å². The van der Waals surface area contributed by atoms with Gasteiger partial charge in [-0.15, -0.1) is 10.2 Å². The van der Waals surface area contributed by atoms with E-state index in [0.717, 1.165) is 22.8 Å². The van der Waals surface area contributed by atoms with Crippen LogP contribution >= 0.6 is 0 Å². The normalized spacial score (nSPS) is 17.4. The second-order valence-corrected chi connectivity index (χ2v) is 9.71. The summed E-state index contributed by atoms with van der Waals surface area (Å²) in [6.45, 7) is 14.1. The van der Waals surface area contributed by atoms with Crippen LogP contribution in [0.4, 0.5) is 13.2 Å². The van der Waals surface area contributed by atoms with Gasteiger partial charge in [-0.25, -0.2) is 0 Å². The average molecular weight is 481 g/mol. The van der Waals surface area contributed by atoms with Gasteiger partial charge in [-0.05, 0) is 50.5 Å². The lowest BCUT2D eigenvalue weighted by atomic mass is 9.70. The van der Waals surface area contributed by atoms with Crippen LogP contribution in [-0.4, -0.2) is 27.9 Å². The zero-order valence-electron chi connectivity index (χ0n) is 20.3. The van der Waals surface area contributed by atoms with Crippen molar-refractivity contribution in [1.29, 1.82) is 0 Å². The van der Waals surface area contributed by atoms with Crippen LogP contribution in [0, 0.1) is 5.92 Å². The monoisotopic (exact) mass is 481 g/mol. The lowest BCUT2D eigenvalue weighted by Gasteiger charge is -2.34. The summed E-state index contributed by atoms with van der Waals surface area (Å²) in [5, 5.41) is 7.07. The van der Waals surface area contributed by atoms with Crippen molar-refractivity contribution in [3.05, 3.63) is 84.0 Å². The van der Waals surface area contributed by atoms with Crippen molar-refractivity contribution in [3.63, 3.8) is 0 Å². The van der Waals surface area contributed by atoms with Crippen molar-refractivity contribution in [1.82, 2.24) is 15.2 Å². The summed E-state index contributed by atoms with van der Waals surface area (Å²) >= 11 is 0. The van der Waals surface area contributed by atoms with Crippen LogP contribution in [0.5, 0.6) is 0 Å². The van der Waals surface area contributed by atoms with Crippen molar-refractivity contribution < 1.29 is 22.5 Å². The molecule has 5 nitrogen and oxygen atoms in total. The molecule has 0 aliphatic carbocycles. The molecule has 1 atom stereocenters. The molecule has 0 spiro atoms. The molecule has 0 radical (unpaired) electrons. The molecule has 2 aromatic heterocycles. The molecule has 1 aromatic carbocycles. The van der Waals surface area contributed by atoms with Crippen LogP contribution in [0.2, 0.25) is 0 Å². The van der Waals surface area contributed by atoms with Gasteiger partial charge >= 0.3 is 13.3 Å². The van der Waals surface area contributed by atoms with E-state index < -0.39 is 30.0 Å². The number of halogens is 3. The molecule has 1 aliphatic heterocycles. The van der Waals surface area contributed by atoms with Crippen molar-refractivity contribution >= 4 is 12.6 Å². The van der Waals surface area contributed by atoms with E-state index in [-0.39, 0.29) is 5.92 Å². The molecule has 3 heterocycles. The van der Waals surface area contributed by atoms with Gasteiger partial charge in [0.15, 0.2) is 5.69 Å². The Labute approximate surface area is 203 Å². The van der Waals surface area contributed by atoms with Crippen LogP contribution in [0.3, 0.4) is 0 Å². The highest BCUT2D eigenvalue weighted by Crippen LogP contribution is 2.38. The van der Waals surface area contributed by atoms with Crippen molar-refractivity contribution in [2.75, 3.05) is 0 Å². The fraction of sp³-hybridized carbons (Fsp3) is 0.346. The minimum absolute atomic E-state index is 0.204. The van der Waals surface area contributed by atoms with Crippen LogP contribution in [0.15, 0.2) is 67.1 Å². The van der Waals surface area contributed by atoms with Gasteiger partial charge in [0.05, 0.1) is 17.1 Å². The second-order valence-electron chi connectivity index (χ2n) is 9.71. The number of hydrogen-bond donors (Lipinski definition) is 0. The zero-order valence-corrected chi connectivity index (χ0v) is 20.3. The predicted molar refractivity (Wildman–Crippen MR) is 129 cm³/mol. The number of alkyl halides is 3. The Morgan fingerprint density at radius 1 is 0.943 bits per heavy atom. The average Bonchev–Trinajstić information content (AvgIpc) is 3.10. The van der Waals surface area contributed by atoms with E-state index in [9.17, 15) is 13.2 Å². The molecule has 0 amide bonds. The maximum absolute atomic E-state index is 12.8. The Morgan fingerprint density at radius 3 is 2.06 bits per heavy atom. The number of aromatic nitrogens is 3. The van der Waals surface area contributed by atoms with Crippen molar-refractivity contribution in [3.8, 4) is 11.3 Å². The van der Waals surface area contributed by atoms with Gasteiger partial charge in [0.25, 0.3) is 0 Å². The SMILES string of the molecule is C=C1OB(c2ccc(C(C)(c3ccc(-c4ccc(C(F)(F)F)nn4)cc3)C(C)C)nc2)OC1(C)C. The quantitative estimate of drug-likeness (QED) is 0.447. The summed E-state index contributed by atoms with van der Waals surface area (Å²) in [5.74, 6) is 0.784. The summed E-state index contributed by atoms with van der Waals surface area (Å²) in [4.78, 5) is 4.76. The first kappa shape index (κ1) is 24.9. The second kappa shape index (κ2) is 8.79. The first-order valence-electron chi connectivity index (χ1n) is 11.3. The lowest BCUT2D eigenvalue weighted by molar-refractivity contribution is -0.141. The molecular formula is C26H27BF3N3O2. The standard InChI is InChI=1S/C26H27BF3N3O2/c1-16(2)25(6,22-13-11-20(15-31-22)27-34-17(3)24(4,5)35-27)19-9-7-18(8-10-19)21-12-14-23(33-32-21)26(28,29)30/h7-16H,3H2,1-2,4-6H3. The molecule has 1 saturated heterocycles. The van der Waals surface area contributed by atoms with E-state index in [2.05, 4.69) is 37.5 Å². The summed E-state index contributed by atoms with van der Waals surface area (Å²) in [6.07, 6.45) is -2.75. The molecule has 1 fully saturated rings. The largest absolute Gasteiger partial charge is 0.564 e. The van der Waals surface area contributed by atoms with E-state index in [1.165, 1.54) is 6.07 Å². The molecule has 9 heteroatoms. The van der Waals surface area contributed by atoms with Crippen LogP contribution < -0.4 is 5.46 Å². The Bertz CT molecular complexity index is 1210. The summed E-state index contributed by atoms with van der Waals surface area (Å²) in [6, 6.07) is 13.8. The van der Waals surface area contributed by atoms with Gasteiger partial charge in [-0.3, -0.25) is 4.98 Å².